The number of aliphatic carboxylic acids is 1. The Morgan fingerprint density at radius 3 is 2.33 bits per heavy atom. The highest BCUT2D eigenvalue weighted by Gasteiger charge is 2.40. The number of carboxylic acids is 1. The zero-order valence-corrected chi connectivity index (χ0v) is 12.7. The maximum atomic E-state index is 12.8. The molecule has 1 aliphatic carbocycles. The Morgan fingerprint density at radius 1 is 0.857 bits per heavy atom. The van der Waals surface area contributed by atoms with Gasteiger partial charge in [0.25, 0.3) is 0 Å². The van der Waals surface area contributed by atoms with Crippen molar-refractivity contribution in [3.8, 4) is 0 Å². The van der Waals surface area contributed by atoms with Crippen molar-refractivity contribution in [3.63, 3.8) is 0 Å². The molecule has 3 fully saturated rings. The second-order valence-corrected chi connectivity index (χ2v) is 6.81. The Labute approximate surface area is 126 Å². The van der Waals surface area contributed by atoms with Crippen molar-refractivity contribution in [2.75, 3.05) is 26.2 Å². The zero-order chi connectivity index (χ0) is 14.8. The lowest BCUT2D eigenvalue weighted by Gasteiger charge is -2.45. The molecule has 5 heteroatoms. The summed E-state index contributed by atoms with van der Waals surface area (Å²) in [5, 5.41) is 9.36. The van der Waals surface area contributed by atoms with Crippen LogP contribution in [0.1, 0.15) is 44.9 Å². The molecular weight excluding hydrogens is 268 g/mol. The van der Waals surface area contributed by atoms with Crippen LogP contribution in [0.5, 0.6) is 0 Å². The standard InChI is InChI=1S/C16H26N2O3/c19-15(13-6-1-2-7-14(13)16(20)21)18-10-9-17-8-4-3-5-12(17)11-18/h12-14H,1-11H2,(H,20,21). The molecule has 2 aliphatic heterocycles. The maximum absolute atomic E-state index is 12.8. The molecule has 3 atom stereocenters. The fourth-order valence-corrected chi connectivity index (χ4v) is 4.31. The summed E-state index contributed by atoms with van der Waals surface area (Å²) in [5.41, 5.74) is 0. The largest absolute Gasteiger partial charge is 0.481 e. The molecule has 1 amide bonds. The van der Waals surface area contributed by atoms with E-state index in [2.05, 4.69) is 4.90 Å². The number of piperidine rings is 1. The second kappa shape index (κ2) is 6.34. The Morgan fingerprint density at radius 2 is 1.57 bits per heavy atom. The van der Waals surface area contributed by atoms with Gasteiger partial charge in [0.2, 0.25) is 5.91 Å². The predicted molar refractivity (Wildman–Crippen MR) is 78.9 cm³/mol. The molecule has 0 bridgehead atoms. The van der Waals surface area contributed by atoms with E-state index in [4.69, 9.17) is 0 Å². The molecule has 0 aromatic rings. The summed E-state index contributed by atoms with van der Waals surface area (Å²) in [5.74, 6) is -1.43. The Hall–Kier alpha value is -1.10. The SMILES string of the molecule is O=C(O)C1CCCCC1C(=O)N1CCN2CCCCC2C1. The number of carbonyl (C=O) groups excluding carboxylic acids is 1. The summed E-state index contributed by atoms with van der Waals surface area (Å²) < 4.78 is 0. The number of hydrogen-bond acceptors (Lipinski definition) is 3. The van der Waals surface area contributed by atoms with Gasteiger partial charge in [-0.2, -0.15) is 0 Å². The van der Waals surface area contributed by atoms with E-state index >= 15 is 0 Å². The van der Waals surface area contributed by atoms with Crippen LogP contribution in [-0.4, -0.2) is 59.0 Å². The third-order valence-electron chi connectivity index (χ3n) is 5.55. The predicted octanol–water partition coefficient (Wildman–Crippen LogP) is 1.57. The molecule has 1 saturated carbocycles. The summed E-state index contributed by atoms with van der Waals surface area (Å²) in [6.45, 7) is 3.70. The number of piperazine rings is 1. The first-order chi connectivity index (χ1) is 10.2. The molecule has 21 heavy (non-hydrogen) atoms. The van der Waals surface area contributed by atoms with E-state index in [1.807, 2.05) is 4.90 Å². The van der Waals surface area contributed by atoms with E-state index in [-0.39, 0.29) is 11.8 Å². The third-order valence-corrected chi connectivity index (χ3v) is 5.55. The molecule has 2 saturated heterocycles. The molecule has 0 aromatic heterocycles. The van der Waals surface area contributed by atoms with E-state index < -0.39 is 11.9 Å². The number of fused-ring (bicyclic) bond motifs is 1. The lowest BCUT2D eigenvalue weighted by molar-refractivity contribution is -0.153. The van der Waals surface area contributed by atoms with Crippen molar-refractivity contribution < 1.29 is 14.7 Å². The number of rotatable bonds is 2. The molecule has 3 rings (SSSR count). The van der Waals surface area contributed by atoms with Gasteiger partial charge in [0.1, 0.15) is 0 Å². The fraction of sp³-hybridized carbons (Fsp3) is 0.875. The number of nitrogens with zero attached hydrogens (tertiary/aromatic N) is 2. The quantitative estimate of drug-likeness (QED) is 0.840. The normalized spacial score (nSPS) is 34.3. The molecule has 118 valence electrons. The summed E-state index contributed by atoms with van der Waals surface area (Å²) in [4.78, 5) is 28.6. The van der Waals surface area contributed by atoms with Crippen molar-refractivity contribution in [2.24, 2.45) is 11.8 Å². The molecular formula is C16H26N2O3. The van der Waals surface area contributed by atoms with Gasteiger partial charge in [-0.25, -0.2) is 0 Å². The summed E-state index contributed by atoms with van der Waals surface area (Å²) >= 11 is 0. The van der Waals surface area contributed by atoms with Crippen LogP contribution in [0.4, 0.5) is 0 Å². The number of amides is 1. The van der Waals surface area contributed by atoms with E-state index in [1.54, 1.807) is 0 Å². The van der Waals surface area contributed by atoms with Crippen molar-refractivity contribution in [1.82, 2.24) is 9.80 Å². The van der Waals surface area contributed by atoms with Crippen LogP contribution in [0.25, 0.3) is 0 Å². The van der Waals surface area contributed by atoms with Gasteiger partial charge in [0, 0.05) is 25.7 Å². The molecule has 3 unspecified atom stereocenters. The third kappa shape index (κ3) is 3.07. The zero-order valence-electron chi connectivity index (χ0n) is 12.7. The first-order valence-electron chi connectivity index (χ1n) is 8.42. The van der Waals surface area contributed by atoms with E-state index in [0.717, 1.165) is 45.4 Å². The number of carboxylic acid groups (broad SMARTS) is 1. The van der Waals surface area contributed by atoms with Crippen LogP contribution in [0, 0.1) is 11.8 Å². The van der Waals surface area contributed by atoms with Gasteiger partial charge in [-0.1, -0.05) is 19.3 Å². The average molecular weight is 294 g/mol. The summed E-state index contributed by atoms with van der Waals surface area (Å²) in [6.07, 6.45) is 7.05. The number of hydrogen-bond donors (Lipinski definition) is 1. The number of carbonyl (C=O) groups is 2. The van der Waals surface area contributed by atoms with Gasteiger partial charge in [-0.05, 0) is 32.2 Å². The molecule has 0 aromatic carbocycles. The molecule has 3 aliphatic rings. The lowest BCUT2D eigenvalue weighted by Crippen LogP contribution is -2.57. The highest BCUT2D eigenvalue weighted by molar-refractivity contribution is 5.85. The fourth-order valence-electron chi connectivity index (χ4n) is 4.31. The van der Waals surface area contributed by atoms with Crippen molar-refractivity contribution >= 4 is 11.9 Å². The van der Waals surface area contributed by atoms with Crippen molar-refractivity contribution in [2.45, 2.75) is 51.0 Å². The molecule has 2 heterocycles. The van der Waals surface area contributed by atoms with Gasteiger partial charge in [0.15, 0.2) is 0 Å². The molecule has 0 radical (unpaired) electrons. The summed E-state index contributed by atoms with van der Waals surface area (Å²) in [7, 11) is 0. The topological polar surface area (TPSA) is 60.9 Å². The Kier molecular flexibility index (Phi) is 4.48. The monoisotopic (exact) mass is 294 g/mol. The molecule has 0 spiro atoms. The minimum Gasteiger partial charge on any atom is -0.481 e. The minimum absolute atomic E-state index is 0.104. The Balaban J connectivity index is 1.65. The van der Waals surface area contributed by atoms with E-state index in [9.17, 15) is 14.7 Å². The van der Waals surface area contributed by atoms with Gasteiger partial charge >= 0.3 is 5.97 Å². The van der Waals surface area contributed by atoms with Crippen LogP contribution >= 0.6 is 0 Å². The van der Waals surface area contributed by atoms with Crippen molar-refractivity contribution in [3.05, 3.63) is 0 Å². The van der Waals surface area contributed by atoms with Gasteiger partial charge in [-0.3, -0.25) is 14.5 Å². The van der Waals surface area contributed by atoms with Gasteiger partial charge in [0.05, 0.1) is 11.8 Å². The van der Waals surface area contributed by atoms with Crippen LogP contribution in [0.15, 0.2) is 0 Å². The smallest absolute Gasteiger partial charge is 0.307 e. The Bertz CT molecular complexity index is 412. The first kappa shape index (κ1) is 14.8. The van der Waals surface area contributed by atoms with Gasteiger partial charge < -0.3 is 10.0 Å². The average Bonchev–Trinajstić information content (AvgIpc) is 2.53. The maximum Gasteiger partial charge on any atom is 0.307 e. The molecule has 5 nitrogen and oxygen atoms in total. The van der Waals surface area contributed by atoms with Crippen LogP contribution in [0.3, 0.4) is 0 Å². The van der Waals surface area contributed by atoms with Crippen LogP contribution < -0.4 is 0 Å². The highest BCUT2D eigenvalue weighted by atomic mass is 16.4. The summed E-state index contributed by atoms with van der Waals surface area (Å²) in [6, 6.07) is 0.503. The first-order valence-corrected chi connectivity index (χ1v) is 8.42. The highest BCUT2D eigenvalue weighted by Crippen LogP contribution is 2.32. The second-order valence-electron chi connectivity index (χ2n) is 6.81. The van der Waals surface area contributed by atoms with Crippen LogP contribution in [-0.2, 0) is 9.59 Å². The lowest BCUT2D eigenvalue weighted by atomic mass is 9.78. The van der Waals surface area contributed by atoms with Crippen molar-refractivity contribution in [1.29, 1.82) is 0 Å². The van der Waals surface area contributed by atoms with Crippen LogP contribution in [0.2, 0.25) is 0 Å². The molecule has 1 N–H and O–H groups in total. The van der Waals surface area contributed by atoms with E-state index in [1.165, 1.54) is 19.3 Å². The van der Waals surface area contributed by atoms with E-state index in [0.29, 0.717) is 12.5 Å². The van der Waals surface area contributed by atoms with Gasteiger partial charge in [-0.15, -0.1) is 0 Å². The minimum atomic E-state index is -0.788.